The summed E-state index contributed by atoms with van der Waals surface area (Å²) in [5.41, 5.74) is 2.85. The SMILES string of the molecule is CC(=O)N1CCCC(c2nccnc2-c2cnn(C(C)C)c2)C1. The zero-order chi connectivity index (χ0) is 16.4. The van der Waals surface area contributed by atoms with Gasteiger partial charge in [-0.3, -0.25) is 19.4 Å². The third kappa shape index (κ3) is 3.25. The summed E-state index contributed by atoms with van der Waals surface area (Å²) in [6, 6.07) is 0.312. The lowest BCUT2D eigenvalue weighted by Gasteiger charge is -2.32. The zero-order valence-electron chi connectivity index (χ0n) is 13.9. The summed E-state index contributed by atoms with van der Waals surface area (Å²) in [4.78, 5) is 22.7. The molecule has 1 unspecified atom stereocenters. The number of hydrogen-bond donors (Lipinski definition) is 0. The van der Waals surface area contributed by atoms with Crippen LogP contribution < -0.4 is 0 Å². The van der Waals surface area contributed by atoms with Crippen LogP contribution in [0.5, 0.6) is 0 Å². The molecule has 122 valence electrons. The van der Waals surface area contributed by atoms with Crippen LogP contribution in [-0.4, -0.2) is 43.6 Å². The molecule has 1 saturated heterocycles. The second-order valence-corrected chi connectivity index (χ2v) is 6.40. The number of piperidine rings is 1. The maximum atomic E-state index is 11.7. The van der Waals surface area contributed by atoms with Crippen molar-refractivity contribution in [3.63, 3.8) is 0 Å². The quantitative estimate of drug-likeness (QED) is 0.874. The van der Waals surface area contributed by atoms with Crippen molar-refractivity contribution >= 4 is 5.91 Å². The highest BCUT2D eigenvalue weighted by Crippen LogP contribution is 2.31. The topological polar surface area (TPSA) is 63.9 Å². The van der Waals surface area contributed by atoms with E-state index in [1.807, 2.05) is 22.0 Å². The minimum atomic E-state index is 0.132. The first kappa shape index (κ1) is 15.6. The summed E-state index contributed by atoms with van der Waals surface area (Å²) >= 11 is 0. The smallest absolute Gasteiger partial charge is 0.219 e. The predicted molar refractivity (Wildman–Crippen MR) is 87.9 cm³/mol. The zero-order valence-corrected chi connectivity index (χ0v) is 13.9. The summed E-state index contributed by atoms with van der Waals surface area (Å²) in [5, 5.41) is 4.41. The normalized spacial score (nSPS) is 18.4. The van der Waals surface area contributed by atoms with Crippen LogP contribution in [0.15, 0.2) is 24.8 Å². The largest absolute Gasteiger partial charge is 0.342 e. The number of nitrogens with zero attached hydrogens (tertiary/aromatic N) is 5. The first-order chi connectivity index (χ1) is 11.1. The molecule has 6 heteroatoms. The van der Waals surface area contributed by atoms with E-state index in [-0.39, 0.29) is 11.8 Å². The number of amides is 1. The Morgan fingerprint density at radius 3 is 2.78 bits per heavy atom. The standard InChI is InChI=1S/C17H23N5O/c1-12(2)22-11-15(9-20-22)17-16(18-6-7-19-17)14-5-4-8-21(10-14)13(3)23/h6-7,9,11-12,14H,4-5,8,10H2,1-3H3. The molecule has 0 aromatic carbocycles. The molecule has 1 aliphatic heterocycles. The van der Waals surface area contributed by atoms with Crippen molar-refractivity contribution in [2.24, 2.45) is 0 Å². The summed E-state index contributed by atoms with van der Waals surface area (Å²) in [5.74, 6) is 0.367. The van der Waals surface area contributed by atoms with Gasteiger partial charge in [-0.2, -0.15) is 5.10 Å². The Balaban J connectivity index is 1.92. The summed E-state index contributed by atoms with van der Waals surface area (Å²) in [6.07, 6.45) is 9.36. The third-order valence-corrected chi connectivity index (χ3v) is 4.38. The summed E-state index contributed by atoms with van der Waals surface area (Å²) in [7, 11) is 0. The van der Waals surface area contributed by atoms with Crippen molar-refractivity contribution in [1.29, 1.82) is 0 Å². The molecular weight excluding hydrogens is 290 g/mol. The van der Waals surface area contributed by atoms with Crippen molar-refractivity contribution in [1.82, 2.24) is 24.6 Å². The highest BCUT2D eigenvalue weighted by Gasteiger charge is 2.26. The second-order valence-electron chi connectivity index (χ2n) is 6.40. The number of aromatic nitrogens is 4. The number of rotatable bonds is 3. The van der Waals surface area contributed by atoms with Crippen LogP contribution in [0.1, 0.15) is 51.3 Å². The van der Waals surface area contributed by atoms with E-state index >= 15 is 0 Å². The van der Waals surface area contributed by atoms with E-state index in [4.69, 9.17) is 0 Å². The van der Waals surface area contributed by atoms with Gasteiger partial charge in [-0.15, -0.1) is 0 Å². The predicted octanol–water partition coefficient (Wildman–Crippen LogP) is 2.65. The minimum absolute atomic E-state index is 0.132. The van der Waals surface area contributed by atoms with Crippen LogP contribution in [0.2, 0.25) is 0 Å². The lowest BCUT2D eigenvalue weighted by atomic mass is 9.92. The van der Waals surface area contributed by atoms with E-state index < -0.39 is 0 Å². The van der Waals surface area contributed by atoms with Crippen molar-refractivity contribution < 1.29 is 4.79 Å². The Bertz CT molecular complexity index is 694. The fraction of sp³-hybridized carbons (Fsp3) is 0.529. The van der Waals surface area contributed by atoms with E-state index in [9.17, 15) is 4.79 Å². The molecule has 2 aromatic rings. The van der Waals surface area contributed by atoms with E-state index in [2.05, 4.69) is 28.9 Å². The number of likely N-dealkylation sites (tertiary alicyclic amines) is 1. The lowest BCUT2D eigenvalue weighted by molar-refractivity contribution is -0.130. The first-order valence-electron chi connectivity index (χ1n) is 8.17. The fourth-order valence-electron chi connectivity index (χ4n) is 3.10. The van der Waals surface area contributed by atoms with Gasteiger partial charge in [0.25, 0.3) is 0 Å². The Kier molecular flexibility index (Phi) is 4.41. The molecule has 0 saturated carbocycles. The van der Waals surface area contributed by atoms with Gasteiger partial charge in [-0.1, -0.05) is 0 Å². The van der Waals surface area contributed by atoms with Gasteiger partial charge in [0.2, 0.25) is 5.91 Å². The average Bonchev–Trinajstić information content (AvgIpc) is 3.05. The molecule has 1 fully saturated rings. The van der Waals surface area contributed by atoms with Crippen LogP contribution in [0.4, 0.5) is 0 Å². The second kappa shape index (κ2) is 6.48. The molecule has 0 aliphatic carbocycles. The van der Waals surface area contributed by atoms with Crippen molar-refractivity contribution in [2.75, 3.05) is 13.1 Å². The van der Waals surface area contributed by atoms with Gasteiger partial charge in [0.15, 0.2) is 0 Å². The van der Waals surface area contributed by atoms with Crippen LogP contribution in [0.3, 0.4) is 0 Å². The monoisotopic (exact) mass is 313 g/mol. The van der Waals surface area contributed by atoms with Crippen molar-refractivity contribution in [2.45, 2.75) is 45.6 Å². The molecule has 6 nitrogen and oxygen atoms in total. The molecule has 3 heterocycles. The molecule has 0 radical (unpaired) electrons. The molecule has 3 rings (SSSR count). The maximum Gasteiger partial charge on any atom is 0.219 e. The molecule has 0 spiro atoms. The molecule has 0 bridgehead atoms. The van der Waals surface area contributed by atoms with Gasteiger partial charge in [0.05, 0.1) is 17.6 Å². The Labute approximate surface area is 136 Å². The minimum Gasteiger partial charge on any atom is -0.342 e. The molecule has 1 atom stereocenters. The van der Waals surface area contributed by atoms with E-state index in [0.717, 1.165) is 42.9 Å². The molecule has 23 heavy (non-hydrogen) atoms. The van der Waals surface area contributed by atoms with Crippen molar-refractivity contribution in [3.05, 3.63) is 30.5 Å². The number of hydrogen-bond acceptors (Lipinski definition) is 4. The van der Waals surface area contributed by atoms with Gasteiger partial charge >= 0.3 is 0 Å². The molecule has 0 N–H and O–H groups in total. The van der Waals surface area contributed by atoms with Crippen LogP contribution >= 0.6 is 0 Å². The highest BCUT2D eigenvalue weighted by molar-refractivity contribution is 5.73. The first-order valence-corrected chi connectivity index (χ1v) is 8.17. The Morgan fingerprint density at radius 1 is 1.30 bits per heavy atom. The van der Waals surface area contributed by atoms with Gasteiger partial charge in [0.1, 0.15) is 0 Å². The lowest BCUT2D eigenvalue weighted by Crippen LogP contribution is -2.38. The van der Waals surface area contributed by atoms with E-state index in [1.54, 1.807) is 19.3 Å². The maximum absolute atomic E-state index is 11.7. The fourth-order valence-corrected chi connectivity index (χ4v) is 3.10. The summed E-state index contributed by atoms with van der Waals surface area (Å²) in [6.45, 7) is 7.39. The number of carbonyl (C=O) groups excluding carboxylic acids is 1. The number of carbonyl (C=O) groups is 1. The average molecular weight is 313 g/mol. The molecule has 1 amide bonds. The van der Waals surface area contributed by atoms with Gasteiger partial charge < -0.3 is 4.90 Å². The molecule has 2 aromatic heterocycles. The van der Waals surface area contributed by atoms with Crippen LogP contribution in [-0.2, 0) is 4.79 Å². The highest BCUT2D eigenvalue weighted by atomic mass is 16.2. The Hall–Kier alpha value is -2.24. The third-order valence-electron chi connectivity index (χ3n) is 4.38. The molecular formula is C17H23N5O. The van der Waals surface area contributed by atoms with Gasteiger partial charge in [0, 0.05) is 56.1 Å². The molecule has 1 aliphatic rings. The van der Waals surface area contributed by atoms with E-state index in [1.165, 1.54) is 0 Å². The van der Waals surface area contributed by atoms with Crippen LogP contribution in [0.25, 0.3) is 11.3 Å². The van der Waals surface area contributed by atoms with Gasteiger partial charge in [-0.05, 0) is 26.7 Å². The van der Waals surface area contributed by atoms with E-state index in [0.29, 0.717) is 6.04 Å². The van der Waals surface area contributed by atoms with Crippen molar-refractivity contribution in [3.8, 4) is 11.3 Å². The van der Waals surface area contributed by atoms with Crippen LogP contribution in [0, 0.1) is 0 Å². The summed E-state index contributed by atoms with van der Waals surface area (Å²) < 4.78 is 1.93. The Morgan fingerprint density at radius 2 is 2.09 bits per heavy atom. The van der Waals surface area contributed by atoms with Gasteiger partial charge in [-0.25, -0.2) is 0 Å².